The zero-order chi connectivity index (χ0) is 19.2. The monoisotopic (exact) mass is 371 g/mol. The highest BCUT2D eigenvalue weighted by molar-refractivity contribution is 5.96. The van der Waals surface area contributed by atoms with Gasteiger partial charge in [-0.1, -0.05) is 18.2 Å². The summed E-state index contributed by atoms with van der Waals surface area (Å²) >= 11 is 0. The molecule has 6 nitrogen and oxygen atoms in total. The summed E-state index contributed by atoms with van der Waals surface area (Å²) in [5.41, 5.74) is 1.64. The highest BCUT2D eigenvalue weighted by atomic mass is 19.1. The van der Waals surface area contributed by atoms with E-state index in [0.29, 0.717) is 25.2 Å². The van der Waals surface area contributed by atoms with Crippen molar-refractivity contribution in [3.8, 4) is 5.75 Å². The Morgan fingerprint density at radius 3 is 2.70 bits per heavy atom. The van der Waals surface area contributed by atoms with Gasteiger partial charge in [0.2, 0.25) is 5.91 Å². The van der Waals surface area contributed by atoms with Crippen molar-refractivity contribution in [3.63, 3.8) is 0 Å². The van der Waals surface area contributed by atoms with Crippen molar-refractivity contribution >= 4 is 17.6 Å². The number of urea groups is 1. The summed E-state index contributed by atoms with van der Waals surface area (Å²) in [6.07, 6.45) is 0.861. The number of carbonyl (C=O) groups is 2. The van der Waals surface area contributed by atoms with Crippen LogP contribution in [0.4, 0.5) is 14.9 Å². The lowest BCUT2D eigenvalue weighted by Crippen LogP contribution is -2.43. The van der Waals surface area contributed by atoms with Crippen LogP contribution in [0.25, 0.3) is 0 Å². The summed E-state index contributed by atoms with van der Waals surface area (Å²) < 4.78 is 18.3. The van der Waals surface area contributed by atoms with Gasteiger partial charge >= 0.3 is 6.03 Å². The molecule has 3 rings (SSSR count). The second-order valence-corrected chi connectivity index (χ2v) is 6.34. The number of methoxy groups -OCH3 is 1. The van der Waals surface area contributed by atoms with E-state index >= 15 is 0 Å². The predicted octanol–water partition coefficient (Wildman–Crippen LogP) is 2.48. The lowest BCUT2D eigenvalue weighted by Gasteiger charge is -2.17. The number of carbonyl (C=O) groups excluding carboxylic acids is 2. The smallest absolute Gasteiger partial charge is 0.315 e. The normalized spacial score (nSPS) is 16.3. The molecule has 1 aliphatic heterocycles. The number of benzene rings is 2. The largest absolute Gasteiger partial charge is 0.496 e. The van der Waals surface area contributed by atoms with E-state index in [9.17, 15) is 14.0 Å². The summed E-state index contributed by atoms with van der Waals surface area (Å²) in [4.78, 5) is 25.8. The van der Waals surface area contributed by atoms with Crippen LogP contribution in [0.2, 0.25) is 0 Å². The van der Waals surface area contributed by atoms with E-state index in [1.165, 1.54) is 12.1 Å². The SMILES string of the molecule is COc1ccccc1CCNC(=O)N[C@@H]1CC(=O)N(c2ccc(F)cc2)C1. The first-order valence-corrected chi connectivity index (χ1v) is 8.79. The number of nitrogens with zero attached hydrogens (tertiary/aromatic N) is 1. The molecule has 1 aliphatic rings. The Morgan fingerprint density at radius 1 is 1.22 bits per heavy atom. The van der Waals surface area contributed by atoms with Crippen molar-refractivity contribution in [2.75, 3.05) is 25.1 Å². The van der Waals surface area contributed by atoms with Crippen LogP contribution in [0, 0.1) is 5.82 Å². The number of ether oxygens (including phenoxy) is 1. The number of rotatable bonds is 6. The third-order valence-electron chi connectivity index (χ3n) is 4.47. The van der Waals surface area contributed by atoms with Gasteiger partial charge in [0.25, 0.3) is 0 Å². The number of hydrogen-bond donors (Lipinski definition) is 2. The summed E-state index contributed by atoms with van der Waals surface area (Å²) in [6.45, 7) is 0.818. The van der Waals surface area contributed by atoms with Crippen molar-refractivity contribution in [3.05, 3.63) is 59.9 Å². The fraction of sp³-hybridized carbons (Fsp3) is 0.300. The van der Waals surface area contributed by atoms with Gasteiger partial charge < -0.3 is 20.3 Å². The molecule has 2 aromatic carbocycles. The van der Waals surface area contributed by atoms with Gasteiger partial charge in [-0.15, -0.1) is 0 Å². The molecule has 0 aliphatic carbocycles. The Morgan fingerprint density at radius 2 is 1.96 bits per heavy atom. The minimum Gasteiger partial charge on any atom is -0.496 e. The first-order valence-electron chi connectivity index (χ1n) is 8.79. The highest BCUT2D eigenvalue weighted by Crippen LogP contribution is 2.22. The number of anilines is 1. The van der Waals surface area contributed by atoms with Gasteiger partial charge in [-0.05, 0) is 42.3 Å². The lowest BCUT2D eigenvalue weighted by atomic mass is 10.1. The van der Waals surface area contributed by atoms with Crippen molar-refractivity contribution < 1.29 is 18.7 Å². The molecule has 1 fully saturated rings. The number of hydrogen-bond acceptors (Lipinski definition) is 3. The van der Waals surface area contributed by atoms with E-state index in [-0.39, 0.29) is 30.2 Å². The van der Waals surface area contributed by atoms with Crippen molar-refractivity contribution in [2.24, 2.45) is 0 Å². The molecule has 0 bridgehead atoms. The van der Waals surface area contributed by atoms with E-state index < -0.39 is 0 Å². The Balaban J connectivity index is 1.47. The van der Waals surface area contributed by atoms with Crippen LogP contribution in [0.15, 0.2) is 48.5 Å². The molecule has 2 aromatic rings. The van der Waals surface area contributed by atoms with Crippen LogP contribution in [0.5, 0.6) is 5.75 Å². The molecule has 7 heteroatoms. The second-order valence-electron chi connectivity index (χ2n) is 6.34. The molecular formula is C20H22FN3O3. The quantitative estimate of drug-likeness (QED) is 0.820. The molecule has 1 saturated heterocycles. The summed E-state index contributed by atoms with van der Waals surface area (Å²) in [5.74, 6) is 0.339. The molecule has 0 spiro atoms. The van der Waals surface area contributed by atoms with Gasteiger partial charge in [-0.2, -0.15) is 0 Å². The predicted molar refractivity (Wildman–Crippen MR) is 100 cm³/mol. The number of para-hydroxylation sites is 1. The van der Waals surface area contributed by atoms with Crippen molar-refractivity contribution in [2.45, 2.75) is 18.9 Å². The Labute approximate surface area is 157 Å². The average Bonchev–Trinajstić information content (AvgIpc) is 3.02. The Kier molecular flexibility index (Phi) is 5.90. The van der Waals surface area contributed by atoms with E-state index in [4.69, 9.17) is 4.74 Å². The fourth-order valence-corrected chi connectivity index (χ4v) is 3.13. The average molecular weight is 371 g/mol. The molecule has 0 unspecified atom stereocenters. The maximum absolute atomic E-state index is 13.0. The first-order chi connectivity index (χ1) is 13.1. The van der Waals surface area contributed by atoms with E-state index in [1.807, 2.05) is 24.3 Å². The van der Waals surface area contributed by atoms with Crippen LogP contribution in [-0.4, -0.2) is 38.2 Å². The fourth-order valence-electron chi connectivity index (χ4n) is 3.13. The molecular weight excluding hydrogens is 349 g/mol. The standard InChI is InChI=1S/C20H22FN3O3/c1-27-18-5-3-2-4-14(18)10-11-22-20(26)23-16-12-19(25)24(13-16)17-8-6-15(21)7-9-17/h2-9,16H,10-13H2,1H3,(H2,22,23,26)/t16-/m1/s1. The van der Waals surface area contributed by atoms with E-state index in [0.717, 1.165) is 11.3 Å². The molecule has 142 valence electrons. The maximum atomic E-state index is 13.0. The van der Waals surface area contributed by atoms with Gasteiger partial charge in [0.1, 0.15) is 11.6 Å². The molecule has 1 heterocycles. The minimum absolute atomic E-state index is 0.0964. The molecule has 3 amide bonds. The van der Waals surface area contributed by atoms with E-state index in [2.05, 4.69) is 10.6 Å². The lowest BCUT2D eigenvalue weighted by molar-refractivity contribution is -0.117. The summed E-state index contributed by atoms with van der Waals surface area (Å²) in [6, 6.07) is 12.8. The van der Waals surface area contributed by atoms with Gasteiger partial charge in [-0.25, -0.2) is 9.18 Å². The van der Waals surface area contributed by atoms with Crippen LogP contribution < -0.4 is 20.3 Å². The second kappa shape index (κ2) is 8.53. The highest BCUT2D eigenvalue weighted by Gasteiger charge is 2.31. The van der Waals surface area contributed by atoms with Crippen LogP contribution in [0.3, 0.4) is 0 Å². The number of halogens is 1. The van der Waals surface area contributed by atoms with Gasteiger partial charge in [0.15, 0.2) is 0 Å². The topological polar surface area (TPSA) is 70.7 Å². The molecule has 2 N–H and O–H groups in total. The van der Waals surface area contributed by atoms with Crippen LogP contribution in [-0.2, 0) is 11.2 Å². The van der Waals surface area contributed by atoms with Crippen LogP contribution in [0.1, 0.15) is 12.0 Å². The number of amides is 3. The zero-order valence-corrected chi connectivity index (χ0v) is 15.1. The van der Waals surface area contributed by atoms with E-state index in [1.54, 1.807) is 24.1 Å². The number of nitrogens with one attached hydrogen (secondary N) is 2. The molecule has 0 radical (unpaired) electrons. The third-order valence-corrected chi connectivity index (χ3v) is 4.47. The first kappa shape index (κ1) is 18.7. The molecule has 0 aromatic heterocycles. The summed E-state index contributed by atoms with van der Waals surface area (Å²) in [7, 11) is 1.61. The summed E-state index contributed by atoms with van der Waals surface area (Å²) in [5, 5.41) is 5.62. The Bertz CT molecular complexity index is 810. The van der Waals surface area contributed by atoms with Crippen LogP contribution >= 0.6 is 0 Å². The zero-order valence-electron chi connectivity index (χ0n) is 15.1. The molecule has 0 saturated carbocycles. The maximum Gasteiger partial charge on any atom is 0.315 e. The van der Waals surface area contributed by atoms with Gasteiger partial charge in [0.05, 0.1) is 13.2 Å². The molecule has 27 heavy (non-hydrogen) atoms. The van der Waals surface area contributed by atoms with Gasteiger partial charge in [0, 0.05) is 25.2 Å². The third kappa shape index (κ3) is 4.75. The molecule has 1 atom stereocenters. The Hall–Kier alpha value is -3.09. The van der Waals surface area contributed by atoms with Crippen molar-refractivity contribution in [1.29, 1.82) is 0 Å². The van der Waals surface area contributed by atoms with Crippen molar-refractivity contribution in [1.82, 2.24) is 10.6 Å². The minimum atomic E-state index is -0.352. The van der Waals surface area contributed by atoms with Gasteiger partial charge in [-0.3, -0.25) is 4.79 Å².